The molecule has 0 saturated heterocycles. The van der Waals surface area contributed by atoms with Gasteiger partial charge in [0.2, 0.25) is 0 Å². The van der Waals surface area contributed by atoms with Crippen LogP contribution in [0.4, 0.5) is 5.69 Å². The minimum absolute atomic E-state index is 0.0437. The van der Waals surface area contributed by atoms with Gasteiger partial charge in [-0.1, -0.05) is 11.3 Å². The van der Waals surface area contributed by atoms with Crippen LogP contribution in [0.3, 0.4) is 0 Å². The van der Waals surface area contributed by atoms with Gasteiger partial charge >= 0.3 is 4.87 Å². The molecule has 0 aliphatic rings. The molecule has 0 aliphatic carbocycles. The highest BCUT2D eigenvalue weighted by atomic mass is 32.1. The quantitative estimate of drug-likeness (QED) is 0.871. The lowest BCUT2D eigenvalue weighted by atomic mass is 10.1. The molecule has 4 nitrogen and oxygen atoms in total. The average Bonchev–Trinajstić information content (AvgIpc) is 2.73. The summed E-state index contributed by atoms with van der Waals surface area (Å²) in [5.74, 6) is 0. The first-order chi connectivity index (χ1) is 8.19. The van der Waals surface area contributed by atoms with E-state index in [0.717, 1.165) is 28.3 Å². The van der Waals surface area contributed by atoms with E-state index in [1.54, 1.807) is 11.4 Å². The molecule has 0 fully saturated rings. The Hall–Kier alpha value is -2.06. The highest BCUT2D eigenvalue weighted by Crippen LogP contribution is 2.15. The lowest BCUT2D eigenvalue weighted by Gasteiger charge is -2.06. The van der Waals surface area contributed by atoms with E-state index in [1.807, 2.05) is 19.1 Å². The van der Waals surface area contributed by atoms with Gasteiger partial charge in [-0.15, -0.1) is 0 Å². The summed E-state index contributed by atoms with van der Waals surface area (Å²) in [5.41, 5.74) is 3.42. The van der Waals surface area contributed by atoms with Crippen LogP contribution in [0.15, 0.2) is 28.4 Å². The number of anilines is 1. The summed E-state index contributed by atoms with van der Waals surface area (Å²) in [6, 6.07) is 7.69. The Morgan fingerprint density at radius 2 is 2.35 bits per heavy atom. The van der Waals surface area contributed by atoms with E-state index in [1.165, 1.54) is 0 Å². The summed E-state index contributed by atoms with van der Waals surface area (Å²) in [6.07, 6.45) is 0. The molecule has 0 bridgehead atoms. The average molecular weight is 245 g/mol. The fourth-order valence-corrected chi connectivity index (χ4v) is 2.08. The number of benzene rings is 1. The van der Waals surface area contributed by atoms with Crippen LogP contribution in [-0.2, 0) is 6.54 Å². The summed E-state index contributed by atoms with van der Waals surface area (Å²) in [6.45, 7) is 2.47. The molecule has 2 aromatic rings. The van der Waals surface area contributed by atoms with E-state index in [-0.39, 0.29) is 4.87 Å². The van der Waals surface area contributed by atoms with Crippen LogP contribution in [0, 0.1) is 18.3 Å². The zero-order chi connectivity index (χ0) is 12.3. The fraction of sp³-hybridized carbons (Fsp3) is 0.167. The molecular weight excluding hydrogens is 234 g/mol. The van der Waals surface area contributed by atoms with Gasteiger partial charge in [-0.05, 0) is 30.7 Å². The second kappa shape index (κ2) is 4.85. The van der Waals surface area contributed by atoms with Gasteiger partial charge in [0.05, 0.1) is 18.2 Å². The van der Waals surface area contributed by atoms with Crippen LogP contribution in [0.5, 0.6) is 0 Å². The van der Waals surface area contributed by atoms with Crippen molar-refractivity contribution in [2.45, 2.75) is 13.5 Å². The van der Waals surface area contributed by atoms with E-state index < -0.39 is 0 Å². The van der Waals surface area contributed by atoms with Crippen LogP contribution in [-0.4, -0.2) is 4.98 Å². The molecule has 2 N–H and O–H groups in total. The van der Waals surface area contributed by atoms with Gasteiger partial charge in [0, 0.05) is 16.8 Å². The fourth-order valence-electron chi connectivity index (χ4n) is 1.50. The Morgan fingerprint density at radius 3 is 2.94 bits per heavy atom. The van der Waals surface area contributed by atoms with Crippen molar-refractivity contribution in [1.29, 1.82) is 5.26 Å². The van der Waals surface area contributed by atoms with Gasteiger partial charge in [-0.25, -0.2) is 0 Å². The highest BCUT2D eigenvalue weighted by Gasteiger charge is 2.00. The van der Waals surface area contributed by atoms with Crippen molar-refractivity contribution in [3.05, 3.63) is 50.1 Å². The number of aromatic nitrogens is 1. The van der Waals surface area contributed by atoms with Gasteiger partial charge in [0.1, 0.15) is 0 Å². The molecule has 1 aromatic heterocycles. The summed E-state index contributed by atoms with van der Waals surface area (Å²) >= 11 is 1.15. The second-order valence-electron chi connectivity index (χ2n) is 3.67. The number of hydrogen-bond donors (Lipinski definition) is 2. The maximum Gasteiger partial charge on any atom is 0.304 e. The summed E-state index contributed by atoms with van der Waals surface area (Å²) < 4.78 is 0. The standard InChI is InChI=1S/C12H11N3OS/c1-8-4-10(3-2-9(8)5-13)14-6-11-7-17-12(16)15-11/h2-4,7,14H,6H2,1H3,(H,15,16). The van der Waals surface area contributed by atoms with Gasteiger partial charge in [0.25, 0.3) is 0 Å². The van der Waals surface area contributed by atoms with Gasteiger partial charge in [-0.3, -0.25) is 4.79 Å². The van der Waals surface area contributed by atoms with Gasteiger partial charge in [-0.2, -0.15) is 5.26 Å². The van der Waals surface area contributed by atoms with Crippen LogP contribution >= 0.6 is 11.3 Å². The lowest BCUT2D eigenvalue weighted by molar-refractivity contribution is 1.06. The molecule has 5 heteroatoms. The van der Waals surface area contributed by atoms with E-state index in [9.17, 15) is 4.79 Å². The summed E-state index contributed by atoms with van der Waals surface area (Å²) in [5, 5.41) is 13.8. The third-order valence-corrected chi connectivity index (χ3v) is 3.12. The first kappa shape index (κ1) is 11.4. The largest absolute Gasteiger partial charge is 0.379 e. The molecule has 0 saturated carbocycles. The molecule has 2 rings (SSSR count). The number of hydrogen-bond acceptors (Lipinski definition) is 4. The minimum Gasteiger partial charge on any atom is -0.379 e. The lowest BCUT2D eigenvalue weighted by Crippen LogP contribution is -2.03. The normalized spacial score (nSPS) is 9.88. The number of rotatable bonds is 3. The van der Waals surface area contributed by atoms with Crippen LogP contribution in [0.1, 0.15) is 16.8 Å². The molecular formula is C12H11N3OS. The smallest absolute Gasteiger partial charge is 0.304 e. The molecule has 1 aromatic carbocycles. The summed E-state index contributed by atoms with van der Waals surface area (Å²) in [7, 11) is 0. The first-order valence-corrected chi connectivity index (χ1v) is 5.98. The number of nitrogens with zero attached hydrogens (tertiary/aromatic N) is 1. The Labute approximate surface area is 103 Å². The van der Waals surface area contributed by atoms with E-state index in [4.69, 9.17) is 5.26 Å². The van der Waals surface area contributed by atoms with Crippen molar-refractivity contribution in [1.82, 2.24) is 4.98 Å². The van der Waals surface area contributed by atoms with E-state index >= 15 is 0 Å². The van der Waals surface area contributed by atoms with Gasteiger partial charge in [0.15, 0.2) is 0 Å². The Balaban J connectivity index is 2.07. The predicted molar refractivity (Wildman–Crippen MR) is 68.2 cm³/mol. The number of aromatic amines is 1. The molecule has 0 aliphatic heterocycles. The molecule has 0 unspecified atom stereocenters. The number of nitriles is 1. The molecule has 86 valence electrons. The SMILES string of the molecule is Cc1cc(NCc2csc(=O)[nH]2)ccc1C#N. The Kier molecular flexibility index (Phi) is 3.26. The van der Waals surface area contributed by atoms with Gasteiger partial charge < -0.3 is 10.3 Å². The van der Waals surface area contributed by atoms with Crippen molar-refractivity contribution in [2.75, 3.05) is 5.32 Å². The van der Waals surface area contributed by atoms with Crippen molar-refractivity contribution in [2.24, 2.45) is 0 Å². The highest BCUT2D eigenvalue weighted by molar-refractivity contribution is 7.07. The van der Waals surface area contributed by atoms with Crippen molar-refractivity contribution in [3.63, 3.8) is 0 Å². The maximum absolute atomic E-state index is 10.9. The maximum atomic E-state index is 10.9. The van der Waals surface area contributed by atoms with E-state index in [2.05, 4.69) is 16.4 Å². The number of aryl methyl sites for hydroxylation is 1. The third kappa shape index (κ3) is 2.74. The summed E-state index contributed by atoms with van der Waals surface area (Å²) in [4.78, 5) is 13.6. The van der Waals surface area contributed by atoms with Crippen molar-refractivity contribution in [3.8, 4) is 6.07 Å². The van der Waals surface area contributed by atoms with Crippen molar-refractivity contribution >= 4 is 17.0 Å². The molecule has 17 heavy (non-hydrogen) atoms. The third-order valence-electron chi connectivity index (χ3n) is 2.40. The molecule has 0 amide bonds. The topological polar surface area (TPSA) is 68.7 Å². The van der Waals surface area contributed by atoms with Crippen molar-refractivity contribution < 1.29 is 0 Å². The Morgan fingerprint density at radius 1 is 1.53 bits per heavy atom. The predicted octanol–water partition coefficient (Wildman–Crippen LogP) is 2.23. The number of thiazole rings is 1. The zero-order valence-corrected chi connectivity index (χ0v) is 10.1. The number of nitrogens with one attached hydrogen (secondary N) is 2. The first-order valence-electron chi connectivity index (χ1n) is 5.10. The van der Waals surface area contributed by atoms with Crippen LogP contribution in [0.25, 0.3) is 0 Å². The molecule has 1 heterocycles. The van der Waals surface area contributed by atoms with E-state index in [0.29, 0.717) is 12.1 Å². The van der Waals surface area contributed by atoms with Crippen LogP contribution < -0.4 is 10.2 Å². The van der Waals surface area contributed by atoms with Crippen LogP contribution in [0.2, 0.25) is 0 Å². The molecule has 0 radical (unpaired) electrons. The molecule has 0 atom stereocenters. The number of H-pyrrole nitrogens is 1. The minimum atomic E-state index is -0.0437. The second-order valence-corrected chi connectivity index (χ2v) is 4.51. The Bertz CT molecular complexity index is 621. The molecule has 0 spiro atoms. The zero-order valence-electron chi connectivity index (χ0n) is 9.28. The monoisotopic (exact) mass is 245 g/mol.